The minimum atomic E-state index is 0.132. The summed E-state index contributed by atoms with van der Waals surface area (Å²) in [5, 5.41) is 4.40. The van der Waals surface area contributed by atoms with E-state index in [-0.39, 0.29) is 5.41 Å². The summed E-state index contributed by atoms with van der Waals surface area (Å²) in [6.45, 7) is 21.1. The monoisotopic (exact) mass is 433 g/mol. The molecule has 3 unspecified atom stereocenters. The highest BCUT2D eigenvalue weighted by molar-refractivity contribution is 8.01. The number of hydrogen-bond acceptors (Lipinski definition) is 2. The van der Waals surface area contributed by atoms with Gasteiger partial charge in [0, 0.05) is 29.0 Å². The molecule has 31 heavy (non-hydrogen) atoms. The van der Waals surface area contributed by atoms with E-state index in [2.05, 4.69) is 112 Å². The van der Waals surface area contributed by atoms with E-state index in [4.69, 9.17) is 0 Å². The third kappa shape index (κ3) is 7.26. The van der Waals surface area contributed by atoms with Crippen LogP contribution >= 0.6 is 11.8 Å². The van der Waals surface area contributed by atoms with Crippen molar-refractivity contribution in [2.24, 2.45) is 11.3 Å². The summed E-state index contributed by atoms with van der Waals surface area (Å²) in [6, 6.07) is 0. The average molecular weight is 434 g/mol. The molecule has 0 bridgehead atoms. The van der Waals surface area contributed by atoms with Crippen molar-refractivity contribution in [3.63, 3.8) is 0 Å². The molecule has 1 nitrogen and oxygen atoms in total. The molecule has 1 saturated heterocycles. The van der Waals surface area contributed by atoms with Crippen molar-refractivity contribution >= 4 is 11.8 Å². The zero-order valence-electron chi connectivity index (χ0n) is 19.5. The Morgan fingerprint density at radius 3 is 2.68 bits per heavy atom. The highest BCUT2D eigenvalue weighted by atomic mass is 32.2. The molecule has 1 N–H and O–H groups in total. The van der Waals surface area contributed by atoms with Gasteiger partial charge in [-0.1, -0.05) is 113 Å². The number of rotatable bonds is 6. The third-order valence-corrected chi connectivity index (χ3v) is 8.12. The van der Waals surface area contributed by atoms with Crippen LogP contribution in [0.25, 0.3) is 0 Å². The van der Waals surface area contributed by atoms with Gasteiger partial charge in [-0.15, -0.1) is 11.8 Å². The van der Waals surface area contributed by atoms with Gasteiger partial charge in [-0.05, 0) is 35.5 Å². The maximum atomic E-state index is 4.28. The van der Waals surface area contributed by atoms with Gasteiger partial charge in [0.1, 0.15) is 0 Å². The van der Waals surface area contributed by atoms with Crippen LogP contribution in [0.4, 0.5) is 0 Å². The van der Waals surface area contributed by atoms with Crippen LogP contribution in [0.3, 0.4) is 0 Å². The second kappa shape index (κ2) is 12.7. The van der Waals surface area contributed by atoms with E-state index in [0.29, 0.717) is 16.4 Å². The van der Waals surface area contributed by atoms with Crippen LogP contribution in [-0.4, -0.2) is 23.6 Å². The standard InChI is InChI=1S/C29H39NS/c1-7-9-17-27-25(5)29(6,18-10-8-2)28(31-27)22-26-16-14-20-30-19-13-11-12-15-23(3)24(4)21-26/h7,9-18,21,25,27-28,30H,1,3-4,8,19-20,22H2,2,5-6H3/b13-11-,15-12-,16-14-,17-9-,18-10-,26-21+/t25?,27?,28?,29-/m0/s1. The van der Waals surface area contributed by atoms with E-state index in [1.54, 1.807) is 0 Å². The summed E-state index contributed by atoms with van der Waals surface area (Å²) in [4.78, 5) is 0. The normalized spacial score (nSPS) is 35.2. The molecule has 2 rings (SSSR count). The summed E-state index contributed by atoms with van der Waals surface area (Å²) >= 11 is 2.09. The largest absolute Gasteiger partial charge is 0.310 e. The van der Waals surface area contributed by atoms with Crippen molar-refractivity contribution in [1.29, 1.82) is 0 Å². The van der Waals surface area contributed by atoms with Gasteiger partial charge in [0.2, 0.25) is 0 Å². The SMILES string of the molecule is C=C/C=C\C1SC(CC2=C/C(=C)C(=C)/C=C\C=C/CNC/C=C\2)[C@@](C)(/C=C\CC)C1C. The third-order valence-electron chi connectivity index (χ3n) is 6.23. The Labute approximate surface area is 194 Å². The molecule has 0 amide bonds. The molecule has 0 aromatic rings. The van der Waals surface area contributed by atoms with Crippen LogP contribution in [0.1, 0.15) is 33.6 Å². The molecule has 2 heterocycles. The lowest BCUT2D eigenvalue weighted by molar-refractivity contribution is 0.295. The Bertz CT molecular complexity index is 820. The zero-order chi connectivity index (χ0) is 22.7. The Kier molecular flexibility index (Phi) is 10.4. The van der Waals surface area contributed by atoms with Gasteiger partial charge in [-0.2, -0.15) is 0 Å². The molecule has 0 aromatic carbocycles. The van der Waals surface area contributed by atoms with Crippen molar-refractivity contribution in [1.82, 2.24) is 5.32 Å². The second-order valence-corrected chi connectivity index (χ2v) is 9.88. The lowest BCUT2D eigenvalue weighted by Gasteiger charge is -2.32. The van der Waals surface area contributed by atoms with Crippen molar-refractivity contribution in [3.8, 4) is 0 Å². The zero-order valence-corrected chi connectivity index (χ0v) is 20.3. The van der Waals surface area contributed by atoms with Crippen LogP contribution < -0.4 is 5.32 Å². The molecule has 0 spiro atoms. The van der Waals surface area contributed by atoms with Gasteiger partial charge in [0.05, 0.1) is 0 Å². The highest BCUT2D eigenvalue weighted by Crippen LogP contribution is 2.55. The van der Waals surface area contributed by atoms with Gasteiger partial charge in [0.15, 0.2) is 0 Å². The summed E-state index contributed by atoms with van der Waals surface area (Å²) in [5.74, 6) is 0.551. The predicted octanol–water partition coefficient (Wildman–Crippen LogP) is 7.52. The van der Waals surface area contributed by atoms with Gasteiger partial charge in [0.25, 0.3) is 0 Å². The summed E-state index contributed by atoms with van der Waals surface area (Å²) < 4.78 is 0. The molecule has 1 fully saturated rings. The first-order valence-corrected chi connectivity index (χ1v) is 12.3. The van der Waals surface area contributed by atoms with E-state index in [9.17, 15) is 0 Å². The maximum absolute atomic E-state index is 4.28. The number of nitrogens with one attached hydrogen (secondary N) is 1. The number of thioether (sulfide) groups is 1. The van der Waals surface area contributed by atoms with E-state index in [1.807, 2.05) is 18.2 Å². The fourth-order valence-electron chi connectivity index (χ4n) is 3.99. The van der Waals surface area contributed by atoms with Crippen LogP contribution in [-0.2, 0) is 0 Å². The summed E-state index contributed by atoms with van der Waals surface area (Å²) in [6.07, 6.45) is 28.1. The van der Waals surface area contributed by atoms with Gasteiger partial charge in [-0.3, -0.25) is 0 Å². The molecule has 166 valence electrons. The Hall–Kier alpha value is -2.03. The molecule has 2 aliphatic heterocycles. The number of allylic oxidation sites excluding steroid dienone is 12. The Morgan fingerprint density at radius 1 is 1.16 bits per heavy atom. The van der Waals surface area contributed by atoms with Crippen LogP contribution in [0.2, 0.25) is 0 Å². The number of hydrogen-bond donors (Lipinski definition) is 1. The first-order valence-electron chi connectivity index (χ1n) is 11.3. The first kappa shape index (κ1) is 25.2. The van der Waals surface area contributed by atoms with Crippen LogP contribution in [0.5, 0.6) is 0 Å². The molecule has 0 aliphatic carbocycles. The van der Waals surface area contributed by atoms with E-state index in [0.717, 1.165) is 37.1 Å². The fourth-order valence-corrected chi connectivity index (χ4v) is 5.96. The lowest BCUT2D eigenvalue weighted by atomic mass is 9.72. The maximum Gasteiger partial charge on any atom is 0.0267 e. The quantitative estimate of drug-likeness (QED) is 0.343. The lowest BCUT2D eigenvalue weighted by Crippen LogP contribution is -2.30. The van der Waals surface area contributed by atoms with Crippen molar-refractivity contribution in [2.45, 2.75) is 44.1 Å². The van der Waals surface area contributed by atoms with Gasteiger partial charge < -0.3 is 5.32 Å². The smallest absolute Gasteiger partial charge is 0.0267 e. The van der Waals surface area contributed by atoms with Gasteiger partial charge >= 0.3 is 0 Å². The van der Waals surface area contributed by atoms with E-state index < -0.39 is 0 Å². The minimum Gasteiger partial charge on any atom is -0.310 e. The predicted molar refractivity (Wildman–Crippen MR) is 142 cm³/mol. The first-order chi connectivity index (χ1) is 14.9. The summed E-state index contributed by atoms with van der Waals surface area (Å²) in [7, 11) is 0. The van der Waals surface area contributed by atoms with Crippen molar-refractivity contribution in [2.75, 3.05) is 13.1 Å². The molecule has 0 radical (unpaired) electrons. The minimum absolute atomic E-state index is 0.132. The molecule has 4 atom stereocenters. The fraction of sp³-hybridized carbons (Fsp3) is 0.379. The molecule has 2 heteroatoms. The Balaban J connectivity index is 2.34. The summed E-state index contributed by atoms with van der Waals surface area (Å²) in [5.41, 5.74) is 3.37. The van der Waals surface area contributed by atoms with Crippen LogP contribution in [0, 0.1) is 11.3 Å². The van der Waals surface area contributed by atoms with E-state index >= 15 is 0 Å². The van der Waals surface area contributed by atoms with Gasteiger partial charge in [-0.25, -0.2) is 0 Å². The van der Waals surface area contributed by atoms with E-state index in [1.165, 1.54) is 5.57 Å². The second-order valence-electron chi connectivity index (χ2n) is 8.50. The Morgan fingerprint density at radius 2 is 1.94 bits per heavy atom. The molecule has 2 aliphatic rings. The molecule has 0 saturated carbocycles. The molecule has 0 aromatic heterocycles. The molecular weight excluding hydrogens is 394 g/mol. The molecular formula is C29H39NS. The topological polar surface area (TPSA) is 12.0 Å². The van der Waals surface area contributed by atoms with Crippen molar-refractivity contribution < 1.29 is 0 Å². The van der Waals surface area contributed by atoms with Crippen LogP contribution in [0.15, 0.2) is 109 Å². The van der Waals surface area contributed by atoms with Crippen molar-refractivity contribution in [3.05, 3.63) is 109 Å². The average Bonchev–Trinajstić information content (AvgIpc) is 2.99. The highest BCUT2D eigenvalue weighted by Gasteiger charge is 2.47.